The number of rotatable bonds is 14. The van der Waals surface area contributed by atoms with Crippen LogP contribution in [0.1, 0.15) is 83.9 Å². The van der Waals surface area contributed by atoms with E-state index in [2.05, 4.69) is 55.1 Å². The summed E-state index contributed by atoms with van der Waals surface area (Å²) in [5, 5.41) is 28.7. The monoisotopic (exact) mass is 528 g/mol. The highest BCUT2D eigenvalue weighted by Crippen LogP contribution is 2.47. The first-order chi connectivity index (χ1) is 18.4. The fraction of sp³-hybridized carbons (Fsp3) is 0.531. The van der Waals surface area contributed by atoms with Gasteiger partial charge in [-0.05, 0) is 56.5 Å². The molecule has 1 atom stereocenters. The van der Waals surface area contributed by atoms with E-state index < -0.39 is 17.6 Å². The van der Waals surface area contributed by atoms with E-state index in [1.165, 1.54) is 57.1 Å². The largest absolute Gasteiger partial charge is 0.372 e. The van der Waals surface area contributed by atoms with Crippen LogP contribution in [-0.4, -0.2) is 24.8 Å². The van der Waals surface area contributed by atoms with Crippen LogP contribution in [0.5, 0.6) is 0 Å². The predicted molar refractivity (Wildman–Crippen MR) is 156 cm³/mol. The maximum atomic E-state index is 9.92. The molecule has 0 aliphatic carbocycles. The molecule has 6 heteroatoms. The molecule has 0 radical (unpaired) electrons. The molecule has 1 aliphatic heterocycles. The molecule has 3 rings (SSSR count). The van der Waals surface area contributed by atoms with Crippen LogP contribution in [0.15, 0.2) is 42.0 Å². The van der Waals surface area contributed by atoms with Gasteiger partial charge in [0.1, 0.15) is 6.10 Å². The molecule has 1 aromatic carbocycles. The Labute approximate surface area is 233 Å². The number of anilines is 1. The molecule has 0 N–H and O–H groups in total. The normalized spacial score (nSPS) is 16.3. The average Bonchev–Trinajstić information content (AvgIpc) is 3.50. The minimum Gasteiger partial charge on any atom is -0.372 e. The van der Waals surface area contributed by atoms with Crippen molar-refractivity contribution in [2.45, 2.75) is 90.8 Å². The van der Waals surface area contributed by atoms with E-state index >= 15 is 0 Å². The molecule has 5 nitrogen and oxygen atoms in total. The van der Waals surface area contributed by atoms with Gasteiger partial charge in [-0.1, -0.05) is 64.5 Å². The molecule has 0 fully saturated rings. The third kappa shape index (κ3) is 7.05. The van der Waals surface area contributed by atoms with Crippen LogP contribution in [0.4, 0.5) is 5.69 Å². The lowest BCUT2D eigenvalue weighted by Gasteiger charge is -2.25. The first kappa shape index (κ1) is 29.4. The van der Waals surface area contributed by atoms with E-state index in [0.717, 1.165) is 34.0 Å². The second kappa shape index (κ2) is 14.2. The summed E-state index contributed by atoms with van der Waals surface area (Å²) in [4.78, 5) is 4.60. The van der Waals surface area contributed by atoms with Crippen molar-refractivity contribution in [3.63, 3.8) is 0 Å². The number of thiophene rings is 1. The van der Waals surface area contributed by atoms with E-state index in [9.17, 15) is 15.8 Å². The van der Waals surface area contributed by atoms with E-state index in [0.29, 0.717) is 5.57 Å². The summed E-state index contributed by atoms with van der Waals surface area (Å²) in [7, 11) is 0. The lowest BCUT2D eigenvalue weighted by molar-refractivity contribution is -0.00421. The molecule has 1 aliphatic rings. The van der Waals surface area contributed by atoms with Gasteiger partial charge in [-0.3, -0.25) is 0 Å². The zero-order valence-electron chi connectivity index (χ0n) is 23.3. The maximum absolute atomic E-state index is 9.92. The van der Waals surface area contributed by atoms with Crippen LogP contribution < -0.4 is 4.90 Å². The predicted octanol–water partition coefficient (Wildman–Crippen LogP) is 8.50. The zero-order valence-corrected chi connectivity index (χ0v) is 24.1. The van der Waals surface area contributed by atoms with E-state index in [1.54, 1.807) is 11.3 Å². The van der Waals surface area contributed by atoms with Crippen molar-refractivity contribution < 1.29 is 4.74 Å². The maximum Gasteiger partial charge on any atom is 0.164 e. The first-order valence-electron chi connectivity index (χ1n) is 14.0. The highest BCUT2D eigenvalue weighted by atomic mass is 32.1. The highest BCUT2D eigenvalue weighted by molar-refractivity contribution is 7.16. The Bertz CT molecular complexity index is 1180. The molecule has 2 heterocycles. The summed E-state index contributed by atoms with van der Waals surface area (Å²) in [5.74, 6) is -1.01. The molecule has 0 spiro atoms. The topological polar surface area (TPSA) is 83.8 Å². The Morgan fingerprint density at radius 3 is 1.95 bits per heavy atom. The molecule has 1 unspecified atom stereocenters. The van der Waals surface area contributed by atoms with Crippen molar-refractivity contribution in [3.05, 3.63) is 46.8 Å². The number of nitrogens with zero attached hydrogens (tertiary/aromatic N) is 4. The number of benzene rings is 1. The van der Waals surface area contributed by atoms with Crippen molar-refractivity contribution in [1.29, 1.82) is 15.8 Å². The van der Waals surface area contributed by atoms with E-state index in [4.69, 9.17) is 4.74 Å². The molecule has 0 amide bonds. The molecule has 0 saturated heterocycles. The van der Waals surface area contributed by atoms with Crippen LogP contribution in [0.3, 0.4) is 0 Å². The lowest BCUT2D eigenvalue weighted by Crippen LogP contribution is -2.27. The van der Waals surface area contributed by atoms with Gasteiger partial charge < -0.3 is 9.64 Å². The number of hydrogen-bond donors (Lipinski definition) is 0. The quantitative estimate of drug-likeness (QED) is 0.229. The van der Waals surface area contributed by atoms with Crippen molar-refractivity contribution in [2.75, 3.05) is 18.0 Å². The number of unbranched alkanes of at least 4 members (excludes halogenated alkanes) is 6. The minimum atomic E-state index is -1.01. The van der Waals surface area contributed by atoms with Gasteiger partial charge in [0.2, 0.25) is 0 Å². The summed E-state index contributed by atoms with van der Waals surface area (Å²) in [6, 6.07) is 19.2. The summed E-state index contributed by atoms with van der Waals surface area (Å²) in [5.41, 5.74) is 2.82. The van der Waals surface area contributed by atoms with Crippen molar-refractivity contribution in [1.82, 2.24) is 0 Å². The Hall–Kier alpha value is -3.11. The van der Waals surface area contributed by atoms with Gasteiger partial charge in [-0.25, -0.2) is 0 Å². The molecular weight excluding hydrogens is 488 g/mol. The molecule has 0 saturated carbocycles. The number of hydrogen-bond acceptors (Lipinski definition) is 6. The van der Waals surface area contributed by atoms with Gasteiger partial charge in [0.15, 0.2) is 5.92 Å². The molecule has 38 heavy (non-hydrogen) atoms. The van der Waals surface area contributed by atoms with Crippen LogP contribution >= 0.6 is 11.3 Å². The first-order valence-corrected chi connectivity index (χ1v) is 14.8. The van der Waals surface area contributed by atoms with Crippen molar-refractivity contribution in [3.8, 4) is 28.6 Å². The van der Waals surface area contributed by atoms with Crippen molar-refractivity contribution in [2.24, 2.45) is 5.92 Å². The molecular formula is C32H40N4OS. The van der Waals surface area contributed by atoms with Gasteiger partial charge in [0.05, 0.1) is 29.4 Å². The molecule has 1 aromatic heterocycles. The third-order valence-corrected chi connectivity index (χ3v) is 8.36. The summed E-state index contributed by atoms with van der Waals surface area (Å²) < 4.78 is 6.07. The van der Waals surface area contributed by atoms with Crippen LogP contribution in [0, 0.1) is 39.9 Å². The van der Waals surface area contributed by atoms with Gasteiger partial charge in [0, 0.05) is 34.1 Å². The summed E-state index contributed by atoms with van der Waals surface area (Å²) in [6.45, 7) is 10.5. The van der Waals surface area contributed by atoms with Gasteiger partial charge in [0.25, 0.3) is 0 Å². The number of nitriles is 3. The van der Waals surface area contributed by atoms with Gasteiger partial charge in [-0.2, -0.15) is 15.8 Å². The Morgan fingerprint density at radius 2 is 1.42 bits per heavy atom. The van der Waals surface area contributed by atoms with Crippen LogP contribution in [0.25, 0.3) is 16.0 Å². The summed E-state index contributed by atoms with van der Waals surface area (Å²) in [6.07, 6.45) is 9.28. The molecule has 0 bridgehead atoms. The van der Waals surface area contributed by atoms with E-state index in [1.807, 2.05) is 32.1 Å². The highest BCUT2D eigenvalue weighted by Gasteiger charge is 2.45. The second-order valence-electron chi connectivity index (χ2n) is 10.5. The number of ether oxygens (including phenoxy) is 1. The zero-order chi connectivity index (χ0) is 27.5. The molecule has 2 aromatic rings. The van der Waals surface area contributed by atoms with Gasteiger partial charge >= 0.3 is 0 Å². The fourth-order valence-corrected chi connectivity index (χ4v) is 6.36. The smallest absolute Gasteiger partial charge is 0.164 e. The minimum absolute atomic E-state index is 0.383. The molecule has 200 valence electrons. The average molecular weight is 529 g/mol. The standard InChI is InChI=1S/C32H40N4OS/c1-5-7-9-11-19-36(20-12-10-8-6-2)26-15-13-24(14-16-26)28-17-18-29(38-28)30-27(23-35)31(25(21-33)22-34)37-32(30,3)4/h13-18,25,31H,5-12,19-20H2,1-4H3. The van der Waals surface area contributed by atoms with Crippen LogP contribution in [-0.2, 0) is 4.74 Å². The lowest BCUT2D eigenvalue weighted by atomic mass is 9.91. The Kier molecular flexibility index (Phi) is 11.0. The fourth-order valence-electron chi connectivity index (χ4n) is 5.14. The van der Waals surface area contributed by atoms with Crippen LogP contribution in [0.2, 0.25) is 0 Å². The Morgan fingerprint density at radius 1 is 0.842 bits per heavy atom. The summed E-state index contributed by atoms with van der Waals surface area (Å²) >= 11 is 1.62. The van der Waals surface area contributed by atoms with Crippen molar-refractivity contribution >= 4 is 22.6 Å². The second-order valence-corrected chi connectivity index (χ2v) is 11.6. The van der Waals surface area contributed by atoms with Gasteiger partial charge in [-0.15, -0.1) is 11.3 Å². The Balaban J connectivity index is 1.82. The SMILES string of the molecule is CCCCCCN(CCCCCC)c1ccc(-c2ccc(C3=C(C#N)C(C(C#N)C#N)OC3(C)C)s2)cc1. The van der Waals surface area contributed by atoms with E-state index in [-0.39, 0.29) is 0 Å². The third-order valence-electron chi connectivity index (χ3n) is 7.21.